The first-order chi connectivity index (χ1) is 8.20. The van der Waals surface area contributed by atoms with Crippen LogP contribution >= 0.6 is 0 Å². The van der Waals surface area contributed by atoms with Crippen molar-refractivity contribution in [3.63, 3.8) is 0 Å². The number of H-pyrrole nitrogens is 1. The highest BCUT2D eigenvalue weighted by molar-refractivity contribution is 5.89. The van der Waals surface area contributed by atoms with Gasteiger partial charge in [0.1, 0.15) is 0 Å². The molecule has 2 rings (SSSR count). The van der Waals surface area contributed by atoms with Gasteiger partial charge in [0.25, 0.3) is 11.7 Å². The molecule has 0 aromatic carbocycles. The molecule has 0 bridgehead atoms. The van der Waals surface area contributed by atoms with Crippen LogP contribution in [0.25, 0.3) is 0 Å². The van der Waals surface area contributed by atoms with Gasteiger partial charge in [-0.15, -0.1) is 0 Å². The highest BCUT2D eigenvalue weighted by atomic mass is 16.5. The molecule has 0 saturated carbocycles. The molecule has 2 aromatic rings. The van der Waals surface area contributed by atoms with Crippen LogP contribution in [-0.4, -0.2) is 33.1 Å². The minimum Gasteiger partial charge on any atom is -0.352 e. The molecule has 0 aliphatic heterocycles. The fraction of sp³-hybridized carbons (Fsp3) is 0.333. The van der Waals surface area contributed by atoms with Gasteiger partial charge in [0.2, 0.25) is 5.89 Å². The first kappa shape index (κ1) is 11.3. The van der Waals surface area contributed by atoms with E-state index < -0.39 is 11.9 Å². The molecule has 0 spiro atoms. The number of carbonyl (C=O) groups is 1. The fourth-order valence-corrected chi connectivity index (χ4v) is 1.31. The number of amides is 1. The molecule has 17 heavy (non-hydrogen) atoms. The van der Waals surface area contributed by atoms with E-state index in [1.807, 2.05) is 0 Å². The Kier molecular flexibility index (Phi) is 3.15. The zero-order valence-corrected chi connectivity index (χ0v) is 9.17. The van der Waals surface area contributed by atoms with Crippen molar-refractivity contribution >= 4 is 5.91 Å². The topological polar surface area (TPSA) is 123 Å². The number of rotatable bonds is 4. The van der Waals surface area contributed by atoms with Crippen LogP contribution in [0.1, 0.15) is 28.2 Å². The Morgan fingerprint density at radius 2 is 2.53 bits per heavy atom. The number of imidazole rings is 1. The number of hydrogen-bond acceptors (Lipinski definition) is 6. The lowest BCUT2D eigenvalue weighted by atomic mass is 10.2. The predicted molar refractivity (Wildman–Crippen MR) is 56.9 cm³/mol. The van der Waals surface area contributed by atoms with E-state index in [0.29, 0.717) is 6.42 Å². The van der Waals surface area contributed by atoms with E-state index in [0.717, 1.165) is 5.69 Å². The zero-order valence-electron chi connectivity index (χ0n) is 9.17. The number of nitrogens with two attached hydrogens (primary N) is 1. The van der Waals surface area contributed by atoms with Crippen molar-refractivity contribution in [2.75, 3.05) is 7.05 Å². The summed E-state index contributed by atoms with van der Waals surface area (Å²) < 4.78 is 4.92. The summed E-state index contributed by atoms with van der Waals surface area (Å²) in [5, 5.41) is 5.93. The molecule has 0 saturated heterocycles. The summed E-state index contributed by atoms with van der Waals surface area (Å²) in [6.07, 6.45) is 3.71. The van der Waals surface area contributed by atoms with Gasteiger partial charge in [-0.25, -0.2) is 4.98 Å². The molecule has 8 nitrogen and oxygen atoms in total. The highest BCUT2D eigenvalue weighted by Gasteiger charge is 2.18. The summed E-state index contributed by atoms with van der Waals surface area (Å²) in [6.45, 7) is 0. The molecular formula is C9H12N6O2. The van der Waals surface area contributed by atoms with Gasteiger partial charge in [-0.05, 0) is 0 Å². The number of aromatic nitrogens is 4. The molecule has 90 valence electrons. The third-order valence-corrected chi connectivity index (χ3v) is 2.18. The standard InChI is InChI=1S/C9H12N6O2/c1-11-8(16)7-14-9(17-15-7)6(10)2-5-3-12-4-13-5/h3-4,6H,2,10H2,1H3,(H,11,16)(H,12,13)/t6-/m1/s1. The molecule has 0 radical (unpaired) electrons. The van der Waals surface area contributed by atoms with Crippen molar-refractivity contribution in [3.05, 3.63) is 29.9 Å². The molecule has 2 heterocycles. The van der Waals surface area contributed by atoms with Gasteiger partial charge < -0.3 is 20.6 Å². The van der Waals surface area contributed by atoms with Crippen LogP contribution < -0.4 is 11.1 Å². The predicted octanol–water partition coefficient (Wildman–Crippen LogP) is -0.605. The number of nitrogens with one attached hydrogen (secondary N) is 2. The summed E-state index contributed by atoms with van der Waals surface area (Å²) in [6, 6.07) is -0.471. The first-order valence-corrected chi connectivity index (χ1v) is 4.99. The molecule has 4 N–H and O–H groups in total. The van der Waals surface area contributed by atoms with E-state index in [9.17, 15) is 4.79 Å². The van der Waals surface area contributed by atoms with Crippen LogP contribution in [0.5, 0.6) is 0 Å². The Balaban J connectivity index is 2.07. The van der Waals surface area contributed by atoms with Crippen LogP contribution in [0.2, 0.25) is 0 Å². The smallest absolute Gasteiger partial charge is 0.292 e. The molecule has 0 aliphatic carbocycles. The van der Waals surface area contributed by atoms with Gasteiger partial charge in [-0.3, -0.25) is 4.79 Å². The van der Waals surface area contributed by atoms with Crippen molar-refractivity contribution in [3.8, 4) is 0 Å². The minimum atomic E-state index is -0.471. The fourth-order valence-electron chi connectivity index (χ4n) is 1.31. The highest BCUT2D eigenvalue weighted by Crippen LogP contribution is 2.12. The van der Waals surface area contributed by atoms with E-state index in [1.165, 1.54) is 7.05 Å². The molecule has 0 unspecified atom stereocenters. The maximum Gasteiger partial charge on any atom is 0.292 e. The van der Waals surface area contributed by atoms with Gasteiger partial charge >= 0.3 is 0 Å². The molecule has 2 aromatic heterocycles. The van der Waals surface area contributed by atoms with Gasteiger partial charge in [0.15, 0.2) is 0 Å². The lowest BCUT2D eigenvalue weighted by Crippen LogP contribution is -2.20. The van der Waals surface area contributed by atoms with Crippen molar-refractivity contribution in [1.29, 1.82) is 0 Å². The quantitative estimate of drug-likeness (QED) is 0.651. The number of carbonyl (C=O) groups excluding carboxylic acids is 1. The van der Waals surface area contributed by atoms with Crippen LogP contribution in [0.15, 0.2) is 17.0 Å². The van der Waals surface area contributed by atoms with E-state index in [-0.39, 0.29) is 11.7 Å². The average molecular weight is 236 g/mol. The van der Waals surface area contributed by atoms with Crippen molar-refractivity contribution in [1.82, 2.24) is 25.4 Å². The minimum absolute atomic E-state index is 0.0254. The Morgan fingerprint density at radius 1 is 1.71 bits per heavy atom. The second kappa shape index (κ2) is 4.74. The second-order valence-electron chi connectivity index (χ2n) is 3.42. The normalized spacial score (nSPS) is 12.4. The average Bonchev–Trinajstić information content (AvgIpc) is 2.98. The van der Waals surface area contributed by atoms with Crippen LogP contribution in [0.3, 0.4) is 0 Å². The van der Waals surface area contributed by atoms with Crippen molar-refractivity contribution < 1.29 is 9.32 Å². The summed E-state index contributed by atoms with van der Waals surface area (Å²) >= 11 is 0. The number of aromatic amines is 1. The summed E-state index contributed by atoms with van der Waals surface area (Å²) in [5.74, 6) is -0.213. The van der Waals surface area contributed by atoms with Gasteiger partial charge in [-0.2, -0.15) is 4.98 Å². The van der Waals surface area contributed by atoms with Crippen molar-refractivity contribution in [2.24, 2.45) is 5.73 Å². The second-order valence-corrected chi connectivity index (χ2v) is 3.42. The third kappa shape index (κ3) is 2.48. The lowest BCUT2D eigenvalue weighted by molar-refractivity contribution is 0.0950. The van der Waals surface area contributed by atoms with Crippen molar-refractivity contribution in [2.45, 2.75) is 12.5 Å². The van der Waals surface area contributed by atoms with Crippen LogP contribution in [0.4, 0.5) is 0 Å². The first-order valence-electron chi connectivity index (χ1n) is 4.99. The van der Waals surface area contributed by atoms with Crippen LogP contribution in [0, 0.1) is 0 Å². The van der Waals surface area contributed by atoms with Gasteiger partial charge in [-0.1, -0.05) is 5.16 Å². The van der Waals surface area contributed by atoms with E-state index in [1.54, 1.807) is 12.5 Å². The summed E-state index contributed by atoms with van der Waals surface area (Å²) in [7, 11) is 1.49. The Labute approximate surface area is 96.6 Å². The Hall–Kier alpha value is -2.22. The maximum absolute atomic E-state index is 11.2. The maximum atomic E-state index is 11.2. The van der Waals surface area contributed by atoms with E-state index >= 15 is 0 Å². The van der Waals surface area contributed by atoms with E-state index in [4.69, 9.17) is 10.3 Å². The Bertz CT molecular complexity index is 491. The summed E-state index contributed by atoms with van der Waals surface area (Å²) in [4.78, 5) is 21.9. The molecule has 0 fully saturated rings. The van der Waals surface area contributed by atoms with Gasteiger partial charge in [0, 0.05) is 25.4 Å². The molecular weight excluding hydrogens is 224 g/mol. The Morgan fingerprint density at radius 3 is 3.18 bits per heavy atom. The number of hydrogen-bond donors (Lipinski definition) is 3. The third-order valence-electron chi connectivity index (χ3n) is 2.18. The largest absolute Gasteiger partial charge is 0.352 e. The molecule has 8 heteroatoms. The monoisotopic (exact) mass is 236 g/mol. The van der Waals surface area contributed by atoms with Crippen LogP contribution in [-0.2, 0) is 6.42 Å². The SMILES string of the molecule is CNC(=O)c1noc([C@H](N)Cc2cnc[nH]2)n1. The zero-order chi connectivity index (χ0) is 12.3. The molecule has 0 aliphatic rings. The van der Waals surface area contributed by atoms with Gasteiger partial charge in [0.05, 0.1) is 12.4 Å². The molecule has 1 atom stereocenters. The molecule has 1 amide bonds. The summed E-state index contributed by atoms with van der Waals surface area (Å²) in [5.41, 5.74) is 6.72. The van der Waals surface area contributed by atoms with E-state index in [2.05, 4.69) is 25.4 Å². The number of nitrogens with zero attached hydrogens (tertiary/aromatic N) is 3. The lowest BCUT2D eigenvalue weighted by Gasteiger charge is -2.03.